The van der Waals surface area contributed by atoms with Gasteiger partial charge in [0, 0.05) is 17.8 Å². The molecule has 1 unspecified atom stereocenters. The van der Waals surface area contributed by atoms with Crippen molar-refractivity contribution in [3.8, 4) is 0 Å². The number of aryl methyl sites for hydroxylation is 1. The van der Waals surface area contributed by atoms with E-state index in [4.69, 9.17) is 5.84 Å². The summed E-state index contributed by atoms with van der Waals surface area (Å²) in [7, 11) is 0. The molecule has 2 rings (SSSR count). The van der Waals surface area contributed by atoms with Crippen molar-refractivity contribution in [3.05, 3.63) is 65.7 Å². The third-order valence-electron chi connectivity index (χ3n) is 3.18. The number of pyridine rings is 1. The summed E-state index contributed by atoms with van der Waals surface area (Å²) in [5.74, 6) is 5.20. The SMILES string of the molecule is NNC(CCCc1ccccc1)c1ccncc1F. The monoisotopic (exact) mass is 259 g/mol. The largest absolute Gasteiger partial charge is 0.271 e. The number of hydrazine groups is 1. The van der Waals surface area contributed by atoms with Crippen molar-refractivity contribution in [2.45, 2.75) is 25.3 Å². The fourth-order valence-corrected chi connectivity index (χ4v) is 2.15. The van der Waals surface area contributed by atoms with E-state index in [2.05, 4.69) is 22.5 Å². The van der Waals surface area contributed by atoms with Gasteiger partial charge in [0.2, 0.25) is 0 Å². The van der Waals surface area contributed by atoms with E-state index in [0.717, 1.165) is 19.3 Å². The predicted octanol–water partition coefficient (Wildman–Crippen LogP) is 2.75. The first-order valence-corrected chi connectivity index (χ1v) is 6.40. The first kappa shape index (κ1) is 13.6. The number of halogens is 1. The molecule has 2 aromatic rings. The van der Waals surface area contributed by atoms with Crippen LogP contribution in [0.4, 0.5) is 4.39 Å². The Balaban J connectivity index is 1.92. The number of hydrogen-bond acceptors (Lipinski definition) is 3. The van der Waals surface area contributed by atoms with Crippen LogP contribution in [0.15, 0.2) is 48.8 Å². The Labute approximate surface area is 112 Å². The minimum absolute atomic E-state index is 0.174. The van der Waals surface area contributed by atoms with Crippen LogP contribution in [0.1, 0.15) is 30.0 Å². The van der Waals surface area contributed by atoms with Gasteiger partial charge in [-0.1, -0.05) is 30.3 Å². The van der Waals surface area contributed by atoms with Gasteiger partial charge in [-0.05, 0) is 30.9 Å². The summed E-state index contributed by atoms with van der Waals surface area (Å²) >= 11 is 0. The zero-order chi connectivity index (χ0) is 13.5. The third-order valence-corrected chi connectivity index (χ3v) is 3.18. The number of nitrogens with two attached hydrogens (primary N) is 1. The van der Waals surface area contributed by atoms with E-state index in [1.807, 2.05) is 18.2 Å². The van der Waals surface area contributed by atoms with Gasteiger partial charge in [-0.15, -0.1) is 0 Å². The molecule has 1 atom stereocenters. The molecule has 0 amide bonds. The number of nitrogens with zero attached hydrogens (tertiary/aromatic N) is 1. The minimum atomic E-state index is -0.315. The highest BCUT2D eigenvalue weighted by atomic mass is 19.1. The maximum Gasteiger partial charge on any atom is 0.146 e. The summed E-state index contributed by atoms with van der Waals surface area (Å²) in [5, 5.41) is 0. The van der Waals surface area contributed by atoms with Gasteiger partial charge in [0.15, 0.2) is 0 Å². The lowest BCUT2D eigenvalue weighted by Gasteiger charge is -2.16. The molecule has 3 nitrogen and oxygen atoms in total. The van der Waals surface area contributed by atoms with E-state index < -0.39 is 0 Å². The van der Waals surface area contributed by atoms with Crippen molar-refractivity contribution in [1.82, 2.24) is 10.4 Å². The second kappa shape index (κ2) is 6.97. The van der Waals surface area contributed by atoms with Crippen molar-refractivity contribution < 1.29 is 4.39 Å². The summed E-state index contributed by atoms with van der Waals surface area (Å²) in [6, 6.07) is 11.7. The van der Waals surface area contributed by atoms with Crippen LogP contribution in [-0.4, -0.2) is 4.98 Å². The Morgan fingerprint density at radius 3 is 2.68 bits per heavy atom. The number of benzene rings is 1. The van der Waals surface area contributed by atoms with Crippen molar-refractivity contribution in [2.24, 2.45) is 5.84 Å². The number of aromatic nitrogens is 1. The molecule has 19 heavy (non-hydrogen) atoms. The van der Waals surface area contributed by atoms with Gasteiger partial charge in [-0.2, -0.15) is 0 Å². The van der Waals surface area contributed by atoms with Crippen molar-refractivity contribution in [1.29, 1.82) is 0 Å². The van der Waals surface area contributed by atoms with Crippen LogP contribution in [0.3, 0.4) is 0 Å². The molecule has 0 fully saturated rings. The molecule has 0 bridgehead atoms. The van der Waals surface area contributed by atoms with Gasteiger partial charge in [-0.25, -0.2) is 4.39 Å². The highest BCUT2D eigenvalue weighted by molar-refractivity contribution is 5.18. The molecule has 1 heterocycles. The molecule has 0 saturated heterocycles. The molecular formula is C15H18FN3. The van der Waals surface area contributed by atoms with Gasteiger partial charge in [0.05, 0.1) is 6.20 Å². The van der Waals surface area contributed by atoms with Crippen LogP contribution in [0.25, 0.3) is 0 Å². The smallest absolute Gasteiger partial charge is 0.146 e. The lowest BCUT2D eigenvalue weighted by Crippen LogP contribution is -2.28. The summed E-state index contributed by atoms with van der Waals surface area (Å²) in [4.78, 5) is 3.75. The van der Waals surface area contributed by atoms with Crippen LogP contribution < -0.4 is 11.3 Å². The van der Waals surface area contributed by atoms with Crippen molar-refractivity contribution in [2.75, 3.05) is 0 Å². The average molecular weight is 259 g/mol. The van der Waals surface area contributed by atoms with Gasteiger partial charge < -0.3 is 0 Å². The second-order valence-corrected chi connectivity index (χ2v) is 4.49. The topological polar surface area (TPSA) is 50.9 Å². The van der Waals surface area contributed by atoms with Gasteiger partial charge in [-0.3, -0.25) is 16.3 Å². The maximum absolute atomic E-state index is 13.6. The van der Waals surface area contributed by atoms with Gasteiger partial charge in [0.1, 0.15) is 5.82 Å². The van der Waals surface area contributed by atoms with Crippen molar-refractivity contribution in [3.63, 3.8) is 0 Å². The van der Waals surface area contributed by atoms with E-state index in [1.165, 1.54) is 11.8 Å². The standard InChI is InChI=1S/C15H18FN3/c16-14-11-18-10-9-13(14)15(19-17)8-4-7-12-5-2-1-3-6-12/h1-3,5-6,9-11,15,19H,4,7-8,17H2. The van der Waals surface area contributed by atoms with Crippen LogP contribution in [0.2, 0.25) is 0 Å². The molecule has 0 aliphatic carbocycles. The van der Waals surface area contributed by atoms with E-state index >= 15 is 0 Å². The van der Waals surface area contributed by atoms with Crippen LogP contribution >= 0.6 is 0 Å². The van der Waals surface area contributed by atoms with Crippen LogP contribution in [0.5, 0.6) is 0 Å². The van der Waals surface area contributed by atoms with Gasteiger partial charge in [0.25, 0.3) is 0 Å². The van der Waals surface area contributed by atoms with Crippen LogP contribution in [-0.2, 0) is 6.42 Å². The van der Waals surface area contributed by atoms with E-state index in [1.54, 1.807) is 12.3 Å². The third kappa shape index (κ3) is 3.84. The normalized spacial score (nSPS) is 12.3. The predicted molar refractivity (Wildman–Crippen MR) is 73.6 cm³/mol. The van der Waals surface area contributed by atoms with E-state index in [0.29, 0.717) is 5.56 Å². The van der Waals surface area contributed by atoms with E-state index in [9.17, 15) is 4.39 Å². The summed E-state index contributed by atoms with van der Waals surface area (Å²) < 4.78 is 13.6. The summed E-state index contributed by atoms with van der Waals surface area (Å²) in [6.07, 6.45) is 5.50. The Hall–Kier alpha value is -1.78. The highest BCUT2D eigenvalue weighted by Crippen LogP contribution is 2.20. The average Bonchev–Trinajstić information content (AvgIpc) is 2.46. The lowest BCUT2D eigenvalue weighted by atomic mass is 10.00. The highest BCUT2D eigenvalue weighted by Gasteiger charge is 2.13. The quantitative estimate of drug-likeness (QED) is 0.619. The number of hydrogen-bond donors (Lipinski definition) is 2. The molecule has 3 N–H and O–H groups in total. The Morgan fingerprint density at radius 1 is 1.21 bits per heavy atom. The number of rotatable bonds is 6. The number of nitrogens with one attached hydrogen (secondary N) is 1. The first-order valence-electron chi connectivity index (χ1n) is 6.40. The molecule has 4 heteroatoms. The zero-order valence-corrected chi connectivity index (χ0v) is 10.7. The lowest BCUT2D eigenvalue weighted by molar-refractivity contribution is 0.471. The minimum Gasteiger partial charge on any atom is -0.271 e. The summed E-state index contributed by atoms with van der Waals surface area (Å²) in [6.45, 7) is 0. The fourth-order valence-electron chi connectivity index (χ4n) is 2.15. The second-order valence-electron chi connectivity index (χ2n) is 4.49. The zero-order valence-electron chi connectivity index (χ0n) is 10.7. The van der Waals surface area contributed by atoms with Crippen LogP contribution in [0, 0.1) is 5.82 Å². The first-order chi connectivity index (χ1) is 9.31. The molecule has 0 spiro atoms. The summed E-state index contributed by atoms with van der Waals surface area (Å²) in [5.41, 5.74) is 4.54. The molecule has 100 valence electrons. The Bertz CT molecular complexity index is 502. The fraction of sp³-hybridized carbons (Fsp3) is 0.267. The Morgan fingerprint density at radius 2 is 2.00 bits per heavy atom. The molecular weight excluding hydrogens is 241 g/mol. The van der Waals surface area contributed by atoms with Crippen molar-refractivity contribution >= 4 is 0 Å². The van der Waals surface area contributed by atoms with Gasteiger partial charge >= 0.3 is 0 Å². The molecule has 0 radical (unpaired) electrons. The molecule has 0 aliphatic heterocycles. The molecule has 1 aromatic carbocycles. The van der Waals surface area contributed by atoms with E-state index in [-0.39, 0.29) is 11.9 Å². The molecule has 0 aliphatic rings. The molecule has 1 aromatic heterocycles. The maximum atomic E-state index is 13.6. The molecule has 0 saturated carbocycles. The Kier molecular flexibility index (Phi) is 5.01.